The second-order valence-electron chi connectivity index (χ2n) is 5.07. The highest BCUT2D eigenvalue weighted by Crippen LogP contribution is 2.25. The molecule has 104 valence electrons. The normalized spacial score (nSPS) is 17.5. The van der Waals surface area contributed by atoms with Crippen molar-refractivity contribution in [3.05, 3.63) is 46.5 Å². The maximum Gasteiger partial charge on any atom is 0.309 e. The van der Waals surface area contributed by atoms with E-state index in [1.807, 2.05) is 5.38 Å². The second kappa shape index (κ2) is 5.63. The molecule has 0 saturated carbocycles. The van der Waals surface area contributed by atoms with Crippen LogP contribution in [0.1, 0.15) is 23.2 Å². The molecule has 1 aromatic heterocycles. The third-order valence-corrected chi connectivity index (χ3v) is 4.38. The van der Waals surface area contributed by atoms with Crippen LogP contribution in [0.5, 0.6) is 0 Å². The van der Waals surface area contributed by atoms with Crippen LogP contribution in [0.2, 0.25) is 0 Å². The molecule has 2 aromatic rings. The number of carboxylic acids is 1. The van der Waals surface area contributed by atoms with Gasteiger partial charge in [0, 0.05) is 11.4 Å². The van der Waals surface area contributed by atoms with Gasteiger partial charge in [0.25, 0.3) is 0 Å². The van der Waals surface area contributed by atoms with Crippen LogP contribution in [0.25, 0.3) is 0 Å². The number of thiazole rings is 1. The summed E-state index contributed by atoms with van der Waals surface area (Å²) in [5, 5.41) is 14.8. The number of benzene rings is 1. The number of hydrogen-bond acceptors (Lipinski definition) is 4. The van der Waals surface area contributed by atoms with E-state index in [9.17, 15) is 4.79 Å². The van der Waals surface area contributed by atoms with E-state index in [0.29, 0.717) is 11.7 Å². The summed E-state index contributed by atoms with van der Waals surface area (Å²) in [7, 11) is 0. The highest BCUT2D eigenvalue weighted by Gasteiger charge is 2.19. The van der Waals surface area contributed by atoms with Crippen molar-refractivity contribution in [2.24, 2.45) is 0 Å². The SMILES string of the molecule is O=C(O)Cc1csc(NC2CCc3ccccc3C2)n1. The summed E-state index contributed by atoms with van der Waals surface area (Å²) < 4.78 is 0. The average Bonchev–Trinajstić information content (AvgIpc) is 2.85. The van der Waals surface area contributed by atoms with E-state index in [2.05, 4.69) is 34.6 Å². The van der Waals surface area contributed by atoms with Gasteiger partial charge in [-0.2, -0.15) is 0 Å². The number of aliphatic carboxylic acids is 1. The summed E-state index contributed by atoms with van der Waals surface area (Å²) in [5.41, 5.74) is 3.47. The zero-order valence-corrected chi connectivity index (χ0v) is 11.8. The minimum atomic E-state index is -0.839. The van der Waals surface area contributed by atoms with Crippen LogP contribution in [0.3, 0.4) is 0 Å². The predicted octanol–water partition coefficient (Wildman–Crippen LogP) is 2.74. The maximum atomic E-state index is 10.6. The number of carbonyl (C=O) groups is 1. The summed E-state index contributed by atoms with van der Waals surface area (Å²) in [5.74, 6) is -0.839. The number of nitrogens with one attached hydrogen (secondary N) is 1. The van der Waals surface area contributed by atoms with Gasteiger partial charge < -0.3 is 10.4 Å². The topological polar surface area (TPSA) is 62.2 Å². The fourth-order valence-electron chi connectivity index (χ4n) is 2.60. The molecule has 1 heterocycles. The van der Waals surface area contributed by atoms with E-state index in [1.165, 1.54) is 22.5 Å². The molecule has 0 saturated heterocycles. The number of aryl methyl sites for hydroxylation is 1. The van der Waals surface area contributed by atoms with Crippen molar-refractivity contribution in [1.82, 2.24) is 4.98 Å². The molecular weight excluding hydrogens is 272 g/mol. The first-order chi connectivity index (χ1) is 9.70. The van der Waals surface area contributed by atoms with Gasteiger partial charge in [0.1, 0.15) is 0 Å². The molecule has 5 heteroatoms. The minimum Gasteiger partial charge on any atom is -0.481 e. The second-order valence-corrected chi connectivity index (χ2v) is 5.93. The van der Waals surface area contributed by atoms with Gasteiger partial charge in [-0.25, -0.2) is 4.98 Å². The highest BCUT2D eigenvalue weighted by atomic mass is 32.1. The number of anilines is 1. The van der Waals surface area contributed by atoms with E-state index < -0.39 is 5.97 Å². The third kappa shape index (κ3) is 2.99. The van der Waals surface area contributed by atoms with Gasteiger partial charge in [-0.3, -0.25) is 4.79 Å². The van der Waals surface area contributed by atoms with E-state index in [1.54, 1.807) is 0 Å². The van der Waals surface area contributed by atoms with Crippen molar-refractivity contribution < 1.29 is 9.90 Å². The number of fused-ring (bicyclic) bond motifs is 1. The molecule has 0 spiro atoms. The first-order valence-electron chi connectivity index (χ1n) is 6.70. The van der Waals surface area contributed by atoms with Crippen LogP contribution in [0.4, 0.5) is 5.13 Å². The maximum absolute atomic E-state index is 10.6. The fraction of sp³-hybridized carbons (Fsp3) is 0.333. The molecule has 0 fully saturated rings. The average molecular weight is 288 g/mol. The zero-order valence-electron chi connectivity index (χ0n) is 11.0. The Morgan fingerprint density at radius 1 is 1.40 bits per heavy atom. The molecule has 0 bridgehead atoms. The van der Waals surface area contributed by atoms with Crippen molar-refractivity contribution in [3.63, 3.8) is 0 Å². The van der Waals surface area contributed by atoms with Crippen LogP contribution in [0.15, 0.2) is 29.6 Å². The Morgan fingerprint density at radius 2 is 2.20 bits per heavy atom. The molecule has 1 unspecified atom stereocenters. The molecule has 3 rings (SSSR count). The van der Waals surface area contributed by atoms with E-state index in [0.717, 1.165) is 24.4 Å². The van der Waals surface area contributed by atoms with Gasteiger partial charge in [0.2, 0.25) is 0 Å². The molecule has 0 radical (unpaired) electrons. The van der Waals surface area contributed by atoms with E-state index >= 15 is 0 Å². The van der Waals surface area contributed by atoms with Crippen molar-refractivity contribution in [1.29, 1.82) is 0 Å². The smallest absolute Gasteiger partial charge is 0.309 e. The van der Waals surface area contributed by atoms with E-state index in [-0.39, 0.29) is 6.42 Å². The van der Waals surface area contributed by atoms with Crippen molar-refractivity contribution >= 4 is 22.4 Å². The van der Waals surface area contributed by atoms with Crippen LogP contribution in [-0.2, 0) is 24.1 Å². The van der Waals surface area contributed by atoms with Gasteiger partial charge in [-0.1, -0.05) is 24.3 Å². The third-order valence-electron chi connectivity index (χ3n) is 3.56. The number of aromatic nitrogens is 1. The number of hydrogen-bond donors (Lipinski definition) is 2. The molecule has 1 aromatic carbocycles. The predicted molar refractivity (Wildman–Crippen MR) is 79.3 cm³/mol. The van der Waals surface area contributed by atoms with Crippen LogP contribution in [0, 0.1) is 0 Å². The molecule has 4 nitrogen and oxygen atoms in total. The lowest BCUT2D eigenvalue weighted by Gasteiger charge is -2.25. The lowest BCUT2D eigenvalue weighted by Crippen LogP contribution is -2.27. The lowest BCUT2D eigenvalue weighted by atomic mass is 9.88. The zero-order chi connectivity index (χ0) is 13.9. The number of carboxylic acid groups (broad SMARTS) is 1. The van der Waals surface area contributed by atoms with Gasteiger partial charge in [-0.05, 0) is 30.4 Å². The monoisotopic (exact) mass is 288 g/mol. The van der Waals surface area contributed by atoms with Crippen molar-refractivity contribution in [2.75, 3.05) is 5.32 Å². The first kappa shape index (κ1) is 13.1. The van der Waals surface area contributed by atoms with Gasteiger partial charge in [0.05, 0.1) is 12.1 Å². The minimum absolute atomic E-state index is 0.00825. The number of nitrogens with zero attached hydrogens (tertiary/aromatic N) is 1. The van der Waals surface area contributed by atoms with Crippen LogP contribution in [-0.4, -0.2) is 22.1 Å². The standard InChI is InChI=1S/C15H16N2O2S/c18-14(19)8-13-9-20-15(17-13)16-12-6-5-10-3-1-2-4-11(10)7-12/h1-4,9,12H,5-8H2,(H,16,17)(H,18,19). The van der Waals surface area contributed by atoms with Crippen LogP contribution < -0.4 is 5.32 Å². The molecule has 0 amide bonds. The Bertz CT molecular complexity index is 624. The summed E-state index contributed by atoms with van der Waals surface area (Å²) in [6.45, 7) is 0. The summed E-state index contributed by atoms with van der Waals surface area (Å²) in [6, 6.07) is 8.93. The molecule has 2 N–H and O–H groups in total. The molecule has 20 heavy (non-hydrogen) atoms. The number of rotatable bonds is 4. The molecule has 1 aliphatic rings. The Hall–Kier alpha value is -1.88. The fourth-order valence-corrected chi connectivity index (χ4v) is 3.39. The first-order valence-corrected chi connectivity index (χ1v) is 7.58. The summed E-state index contributed by atoms with van der Waals surface area (Å²) in [4.78, 5) is 15.0. The Labute approximate surface area is 121 Å². The summed E-state index contributed by atoms with van der Waals surface area (Å²) >= 11 is 1.48. The lowest BCUT2D eigenvalue weighted by molar-refractivity contribution is -0.136. The highest BCUT2D eigenvalue weighted by molar-refractivity contribution is 7.13. The van der Waals surface area contributed by atoms with Gasteiger partial charge in [-0.15, -0.1) is 11.3 Å². The molecular formula is C15H16N2O2S. The Balaban J connectivity index is 1.64. The molecule has 1 atom stereocenters. The largest absolute Gasteiger partial charge is 0.481 e. The molecule has 1 aliphatic carbocycles. The van der Waals surface area contributed by atoms with Crippen LogP contribution >= 0.6 is 11.3 Å². The Morgan fingerprint density at radius 3 is 3.00 bits per heavy atom. The van der Waals surface area contributed by atoms with Crippen molar-refractivity contribution in [3.8, 4) is 0 Å². The van der Waals surface area contributed by atoms with E-state index in [4.69, 9.17) is 5.11 Å². The Kier molecular flexibility index (Phi) is 3.69. The van der Waals surface area contributed by atoms with Gasteiger partial charge in [0.15, 0.2) is 5.13 Å². The van der Waals surface area contributed by atoms with Crippen molar-refractivity contribution in [2.45, 2.75) is 31.7 Å². The molecule has 0 aliphatic heterocycles. The quantitative estimate of drug-likeness (QED) is 0.908. The van der Waals surface area contributed by atoms with Gasteiger partial charge >= 0.3 is 5.97 Å². The summed E-state index contributed by atoms with van der Waals surface area (Å²) in [6.07, 6.45) is 3.17.